The van der Waals surface area contributed by atoms with Gasteiger partial charge in [0.2, 0.25) is 5.82 Å². The predicted octanol–water partition coefficient (Wildman–Crippen LogP) is 3.19. The summed E-state index contributed by atoms with van der Waals surface area (Å²) in [5.74, 6) is 2.17. The number of pyridine rings is 1. The normalized spacial score (nSPS) is 32.8. The number of anilines is 1. The van der Waals surface area contributed by atoms with Crippen LogP contribution in [0.1, 0.15) is 51.8 Å². The second-order valence-electron chi connectivity index (χ2n) is 10.1. The van der Waals surface area contributed by atoms with Gasteiger partial charge in [-0.25, -0.2) is 4.98 Å². The molecular formula is C22H27N5O3. The standard InChI is InChI=1S/C22H27N5O3/c1-21(2,28)20-26-19(27-30-20)15-10-24-18-14(3-4-23-18)17(15)25-16-12-5-11-6-13(16)9-22(29,7-11)8-12/h3-4,10-13,16,28-29H,5-9H2,1-2H3,(H2,23,24,25)/t11?,12-,13+,16-,22-. The molecule has 4 N–H and O–H groups in total. The Morgan fingerprint density at radius 2 is 2.00 bits per heavy atom. The van der Waals surface area contributed by atoms with Crippen LogP contribution in [0.15, 0.2) is 23.0 Å². The average molecular weight is 409 g/mol. The van der Waals surface area contributed by atoms with Gasteiger partial charge in [-0.3, -0.25) is 0 Å². The molecule has 4 saturated carbocycles. The van der Waals surface area contributed by atoms with E-state index in [-0.39, 0.29) is 5.89 Å². The highest BCUT2D eigenvalue weighted by atomic mass is 16.5. The fourth-order valence-corrected chi connectivity index (χ4v) is 6.30. The summed E-state index contributed by atoms with van der Waals surface area (Å²) in [5.41, 5.74) is 0.827. The summed E-state index contributed by atoms with van der Waals surface area (Å²) in [6.45, 7) is 3.24. The molecule has 0 saturated heterocycles. The first-order valence-electron chi connectivity index (χ1n) is 10.8. The third-order valence-electron chi connectivity index (χ3n) is 7.33. The molecule has 3 aromatic rings. The summed E-state index contributed by atoms with van der Waals surface area (Å²) >= 11 is 0. The van der Waals surface area contributed by atoms with Crippen LogP contribution >= 0.6 is 0 Å². The number of aromatic amines is 1. The second kappa shape index (κ2) is 6.04. The fraction of sp³-hybridized carbons (Fsp3) is 0.591. The largest absolute Gasteiger partial charge is 0.390 e. The van der Waals surface area contributed by atoms with Crippen molar-refractivity contribution in [3.8, 4) is 11.4 Å². The Morgan fingerprint density at radius 1 is 1.23 bits per heavy atom. The monoisotopic (exact) mass is 409 g/mol. The highest BCUT2D eigenvalue weighted by molar-refractivity contribution is 5.97. The van der Waals surface area contributed by atoms with E-state index in [1.165, 1.54) is 12.8 Å². The van der Waals surface area contributed by atoms with Crippen LogP contribution in [0.2, 0.25) is 0 Å². The lowest BCUT2D eigenvalue weighted by Crippen LogP contribution is -2.59. The highest BCUT2D eigenvalue weighted by Gasteiger charge is 2.54. The molecule has 4 aliphatic rings. The number of aliphatic hydroxyl groups is 2. The van der Waals surface area contributed by atoms with Crippen molar-refractivity contribution in [2.24, 2.45) is 17.8 Å². The SMILES string of the molecule is CC(C)(O)c1nc(-c2cnc3[nH]ccc3c2N[C@@H]2[C@@H]3CC4C[C@H]2C[C@@](O)(C4)C3)no1. The zero-order valence-corrected chi connectivity index (χ0v) is 17.2. The first kappa shape index (κ1) is 18.3. The van der Waals surface area contributed by atoms with Crippen molar-refractivity contribution in [3.63, 3.8) is 0 Å². The van der Waals surface area contributed by atoms with E-state index in [4.69, 9.17) is 4.52 Å². The number of nitrogens with zero attached hydrogens (tertiary/aromatic N) is 3. The highest BCUT2D eigenvalue weighted by Crippen LogP contribution is 2.56. The van der Waals surface area contributed by atoms with E-state index in [0.29, 0.717) is 29.6 Å². The summed E-state index contributed by atoms with van der Waals surface area (Å²) < 4.78 is 5.32. The smallest absolute Gasteiger partial charge is 0.258 e. The number of nitrogens with one attached hydrogen (secondary N) is 2. The van der Waals surface area contributed by atoms with Gasteiger partial charge in [0.05, 0.1) is 16.9 Å². The van der Waals surface area contributed by atoms with E-state index in [1.807, 2.05) is 12.3 Å². The quantitative estimate of drug-likeness (QED) is 0.522. The summed E-state index contributed by atoms with van der Waals surface area (Å²) in [4.78, 5) is 12.1. The van der Waals surface area contributed by atoms with Gasteiger partial charge in [0.25, 0.3) is 5.89 Å². The minimum absolute atomic E-state index is 0.175. The van der Waals surface area contributed by atoms with Gasteiger partial charge in [-0.1, -0.05) is 5.16 Å². The van der Waals surface area contributed by atoms with Crippen LogP contribution < -0.4 is 5.32 Å². The number of fused-ring (bicyclic) bond motifs is 1. The van der Waals surface area contributed by atoms with E-state index in [2.05, 4.69) is 25.4 Å². The summed E-state index contributed by atoms with van der Waals surface area (Å²) in [5, 5.41) is 30.1. The van der Waals surface area contributed by atoms with Crippen molar-refractivity contribution in [2.45, 2.75) is 63.2 Å². The van der Waals surface area contributed by atoms with Crippen molar-refractivity contribution in [1.29, 1.82) is 0 Å². The predicted molar refractivity (Wildman–Crippen MR) is 111 cm³/mol. The summed E-state index contributed by atoms with van der Waals surface area (Å²) in [6.07, 6.45) is 8.71. The molecule has 0 amide bonds. The maximum atomic E-state index is 10.9. The molecule has 4 fully saturated rings. The summed E-state index contributed by atoms with van der Waals surface area (Å²) in [7, 11) is 0. The fourth-order valence-electron chi connectivity index (χ4n) is 6.30. The van der Waals surface area contributed by atoms with Gasteiger partial charge in [0, 0.05) is 23.8 Å². The van der Waals surface area contributed by atoms with Gasteiger partial charge >= 0.3 is 0 Å². The zero-order valence-electron chi connectivity index (χ0n) is 17.2. The van der Waals surface area contributed by atoms with Crippen molar-refractivity contribution in [2.75, 3.05) is 5.32 Å². The van der Waals surface area contributed by atoms with E-state index >= 15 is 0 Å². The van der Waals surface area contributed by atoms with Gasteiger partial charge < -0.3 is 25.0 Å². The molecule has 0 aliphatic heterocycles. The van der Waals surface area contributed by atoms with E-state index in [1.54, 1.807) is 20.0 Å². The lowest BCUT2D eigenvalue weighted by molar-refractivity contribution is -0.129. The molecule has 158 valence electrons. The van der Waals surface area contributed by atoms with Crippen molar-refractivity contribution >= 4 is 16.7 Å². The Morgan fingerprint density at radius 3 is 2.67 bits per heavy atom. The molecule has 7 rings (SSSR count). The lowest BCUT2D eigenvalue weighted by Gasteiger charge is -2.58. The number of H-pyrrole nitrogens is 1. The Bertz CT molecular complexity index is 1100. The topological polar surface area (TPSA) is 120 Å². The minimum atomic E-state index is -1.21. The molecule has 5 atom stereocenters. The number of rotatable bonds is 4. The van der Waals surface area contributed by atoms with E-state index < -0.39 is 11.2 Å². The van der Waals surface area contributed by atoms with Crippen LogP contribution in [-0.2, 0) is 5.60 Å². The van der Waals surface area contributed by atoms with Crippen LogP contribution in [0.5, 0.6) is 0 Å². The molecule has 0 aromatic carbocycles. The molecule has 8 heteroatoms. The molecule has 30 heavy (non-hydrogen) atoms. The first-order chi connectivity index (χ1) is 14.3. The zero-order chi connectivity index (χ0) is 20.7. The Kier molecular flexibility index (Phi) is 3.69. The van der Waals surface area contributed by atoms with Crippen LogP contribution in [0.3, 0.4) is 0 Å². The van der Waals surface area contributed by atoms with Crippen LogP contribution in [0, 0.1) is 17.8 Å². The minimum Gasteiger partial charge on any atom is -0.390 e. The first-order valence-corrected chi connectivity index (χ1v) is 10.8. The number of hydrogen-bond donors (Lipinski definition) is 4. The third kappa shape index (κ3) is 2.77. The molecule has 0 radical (unpaired) electrons. The Labute approximate surface area is 174 Å². The van der Waals surface area contributed by atoms with E-state index in [0.717, 1.165) is 41.5 Å². The van der Waals surface area contributed by atoms with Crippen molar-refractivity contribution in [3.05, 3.63) is 24.4 Å². The molecule has 3 aromatic heterocycles. The van der Waals surface area contributed by atoms with Gasteiger partial charge in [-0.2, -0.15) is 4.98 Å². The molecular weight excluding hydrogens is 382 g/mol. The molecule has 1 unspecified atom stereocenters. The van der Waals surface area contributed by atoms with Gasteiger partial charge in [-0.15, -0.1) is 0 Å². The Hall–Kier alpha value is -2.45. The van der Waals surface area contributed by atoms with E-state index in [9.17, 15) is 10.2 Å². The maximum Gasteiger partial charge on any atom is 0.258 e. The number of aromatic nitrogens is 4. The maximum absolute atomic E-state index is 10.9. The lowest BCUT2D eigenvalue weighted by atomic mass is 9.52. The van der Waals surface area contributed by atoms with Crippen LogP contribution in [0.25, 0.3) is 22.4 Å². The molecule has 0 spiro atoms. The third-order valence-corrected chi connectivity index (χ3v) is 7.33. The van der Waals surface area contributed by atoms with Gasteiger partial charge in [0.15, 0.2) is 0 Å². The second-order valence-corrected chi connectivity index (χ2v) is 10.1. The molecule has 8 nitrogen and oxygen atoms in total. The number of hydrogen-bond acceptors (Lipinski definition) is 7. The van der Waals surface area contributed by atoms with Crippen molar-refractivity contribution < 1.29 is 14.7 Å². The molecule has 4 aliphatic carbocycles. The molecule has 3 heterocycles. The molecule has 4 bridgehead atoms. The Balaban J connectivity index is 1.41. The van der Waals surface area contributed by atoms with Crippen LogP contribution in [0.4, 0.5) is 5.69 Å². The van der Waals surface area contributed by atoms with Crippen molar-refractivity contribution in [1.82, 2.24) is 20.1 Å². The van der Waals surface area contributed by atoms with Gasteiger partial charge in [-0.05, 0) is 69.8 Å². The van der Waals surface area contributed by atoms with Crippen LogP contribution in [-0.4, -0.2) is 42.0 Å². The van der Waals surface area contributed by atoms with Gasteiger partial charge in [0.1, 0.15) is 11.2 Å². The average Bonchev–Trinajstić information content (AvgIpc) is 3.32. The summed E-state index contributed by atoms with van der Waals surface area (Å²) in [6, 6.07) is 2.32.